The molecule has 5 nitrogen and oxygen atoms in total. The highest BCUT2D eigenvalue weighted by molar-refractivity contribution is 5.72. The second kappa shape index (κ2) is 7.23. The first-order valence-corrected chi connectivity index (χ1v) is 6.52. The van der Waals surface area contributed by atoms with E-state index in [0.29, 0.717) is 24.7 Å². The van der Waals surface area contributed by atoms with Crippen LogP contribution >= 0.6 is 0 Å². The molecule has 0 unspecified atom stereocenters. The minimum atomic E-state index is -0.278. The van der Waals surface area contributed by atoms with Crippen molar-refractivity contribution in [1.82, 2.24) is 9.97 Å². The average molecular weight is 271 g/mol. The Hall–Kier alpha value is -2.43. The quantitative estimate of drug-likeness (QED) is 0.816. The largest absolute Gasteiger partial charge is 0.466 e. The molecule has 0 spiro atoms. The highest BCUT2D eigenvalue weighted by Gasteiger charge is 2.06. The Morgan fingerprint density at radius 2 is 2.05 bits per heavy atom. The number of rotatable bonds is 6. The van der Waals surface area contributed by atoms with Crippen LogP contribution in [0.5, 0.6) is 0 Å². The van der Waals surface area contributed by atoms with Crippen LogP contribution in [0.15, 0.2) is 42.7 Å². The molecule has 0 saturated carbocycles. The molecule has 0 aliphatic heterocycles. The molecular formula is C15H17N3O2. The third-order valence-electron chi connectivity index (χ3n) is 2.67. The number of nitrogens with zero attached hydrogens (tertiary/aromatic N) is 2. The van der Waals surface area contributed by atoms with Crippen LogP contribution in [0.4, 0.5) is 5.82 Å². The lowest BCUT2D eigenvalue weighted by atomic mass is 10.2. The van der Waals surface area contributed by atoms with E-state index in [0.717, 1.165) is 5.56 Å². The average Bonchev–Trinajstić information content (AvgIpc) is 2.47. The fraction of sp³-hybridized carbons (Fsp3) is 0.267. The molecule has 2 aromatic rings. The van der Waals surface area contributed by atoms with Crippen molar-refractivity contribution in [2.75, 3.05) is 11.9 Å². The van der Waals surface area contributed by atoms with E-state index in [1.165, 1.54) is 6.33 Å². The van der Waals surface area contributed by atoms with Crippen LogP contribution in [0.3, 0.4) is 0 Å². The van der Waals surface area contributed by atoms with Gasteiger partial charge in [0.05, 0.1) is 18.7 Å². The summed E-state index contributed by atoms with van der Waals surface area (Å²) in [6.45, 7) is 2.84. The van der Waals surface area contributed by atoms with Gasteiger partial charge in [-0.05, 0) is 12.5 Å². The van der Waals surface area contributed by atoms with Crippen LogP contribution in [0.25, 0.3) is 0 Å². The smallest absolute Gasteiger partial charge is 0.311 e. The number of anilines is 1. The summed E-state index contributed by atoms with van der Waals surface area (Å²) >= 11 is 0. The highest BCUT2D eigenvalue weighted by atomic mass is 16.5. The fourth-order valence-corrected chi connectivity index (χ4v) is 1.74. The lowest BCUT2D eigenvalue weighted by molar-refractivity contribution is -0.142. The van der Waals surface area contributed by atoms with Crippen LogP contribution in [-0.2, 0) is 22.5 Å². The zero-order valence-electron chi connectivity index (χ0n) is 11.4. The number of benzene rings is 1. The highest BCUT2D eigenvalue weighted by Crippen LogP contribution is 2.08. The van der Waals surface area contributed by atoms with Crippen LogP contribution < -0.4 is 5.32 Å². The first-order chi connectivity index (χ1) is 9.78. The molecule has 2 rings (SSSR count). The van der Waals surface area contributed by atoms with Crippen molar-refractivity contribution in [3.63, 3.8) is 0 Å². The molecule has 0 aliphatic rings. The lowest BCUT2D eigenvalue weighted by Crippen LogP contribution is -2.10. The number of hydrogen-bond donors (Lipinski definition) is 1. The Labute approximate surface area is 118 Å². The van der Waals surface area contributed by atoms with Crippen molar-refractivity contribution >= 4 is 11.8 Å². The van der Waals surface area contributed by atoms with E-state index in [1.54, 1.807) is 13.0 Å². The number of nitrogens with one attached hydrogen (secondary N) is 1. The van der Waals surface area contributed by atoms with Gasteiger partial charge in [-0.3, -0.25) is 4.79 Å². The van der Waals surface area contributed by atoms with Gasteiger partial charge < -0.3 is 10.1 Å². The Morgan fingerprint density at radius 3 is 2.80 bits per heavy atom. The normalized spacial score (nSPS) is 10.1. The van der Waals surface area contributed by atoms with Gasteiger partial charge in [0.25, 0.3) is 0 Å². The van der Waals surface area contributed by atoms with Crippen molar-refractivity contribution in [3.8, 4) is 0 Å². The zero-order valence-corrected chi connectivity index (χ0v) is 11.4. The van der Waals surface area contributed by atoms with E-state index < -0.39 is 0 Å². The first-order valence-electron chi connectivity index (χ1n) is 6.52. The monoisotopic (exact) mass is 271 g/mol. The van der Waals surface area contributed by atoms with Crippen LogP contribution in [0.1, 0.15) is 18.2 Å². The van der Waals surface area contributed by atoms with Crippen molar-refractivity contribution in [2.24, 2.45) is 0 Å². The SMILES string of the molecule is CCOC(=O)Cc1cc(NCc2ccccc2)ncn1. The summed E-state index contributed by atoms with van der Waals surface area (Å²) in [4.78, 5) is 19.6. The summed E-state index contributed by atoms with van der Waals surface area (Å²) in [7, 11) is 0. The van der Waals surface area contributed by atoms with Gasteiger partial charge in [-0.2, -0.15) is 0 Å². The van der Waals surface area contributed by atoms with Crippen LogP contribution in [0, 0.1) is 0 Å². The summed E-state index contributed by atoms with van der Waals surface area (Å²) in [6, 6.07) is 11.8. The number of carbonyl (C=O) groups excluding carboxylic acids is 1. The first kappa shape index (κ1) is 14.0. The molecule has 0 fully saturated rings. The molecule has 1 aromatic heterocycles. The van der Waals surface area contributed by atoms with Gasteiger partial charge in [-0.15, -0.1) is 0 Å². The molecule has 0 aliphatic carbocycles. The maximum absolute atomic E-state index is 11.4. The van der Waals surface area contributed by atoms with E-state index >= 15 is 0 Å². The molecule has 1 N–H and O–H groups in total. The van der Waals surface area contributed by atoms with E-state index in [2.05, 4.69) is 15.3 Å². The summed E-state index contributed by atoms with van der Waals surface area (Å²) < 4.78 is 4.90. The third-order valence-corrected chi connectivity index (χ3v) is 2.67. The Morgan fingerprint density at radius 1 is 1.25 bits per heavy atom. The van der Waals surface area contributed by atoms with Crippen LogP contribution in [0.2, 0.25) is 0 Å². The van der Waals surface area contributed by atoms with Crippen molar-refractivity contribution in [1.29, 1.82) is 0 Å². The number of carbonyl (C=O) groups is 1. The Kier molecular flexibility index (Phi) is 5.06. The molecule has 20 heavy (non-hydrogen) atoms. The lowest BCUT2D eigenvalue weighted by Gasteiger charge is -2.07. The van der Waals surface area contributed by atoms with E-state index in [1.807, 2.05) is 30.3 Å². The molecule has 0 bridgehead atoms. The number of aromatic nitrogens is 2. The van der Waals surface area contributed by atoms with Crippen molar-refractivity contribution in [2.45, 2.75) is 19.9 Å². The van der Waals surface area contributed by atoms with Gasteiger partial charge in [0, 0.05) is 12.6 Å². The Bertz CT molecular complexity index is 558. The van der Waals surface area contributed by atoms with E-state index in [-0.39, 0.29) is 12.4 Å². The van der Waals surface area contributed by atoms with Gasteiger partial charge in [0.1, 0.15) is 12.1 Å². The van der Waals surface area contributed by atoms with Crippen LogP contribution in [-0.4, -0.2) is 22.5 Å². The minimum absolute atomic E-state index is 0.163. The molecule has 0 saturated heterocycles. The predicted molar refractivity (Wildman–Crippen MR) is 76.1 cm³/mol. The maximum atomic E-state index is 11.4. The van der Waals surface area contributed by atoms with Gasteiger partial charge in [-0.1, -0.05) is 30.3 Å². The second-order valence-corrected chi connectivity index (χ2v) is 4.22. The standard InChI is InChI=1S/C15H17N3O2/c1-2-20-15(19)9-13-8-14(18-11-17-13)16-10-12-6-4-3-5-7-12/h3-8,11H,2,9-10H2,1H3,(H,16,17,18). The van der Waals surface area contributed by atoms with Gasteiger partial charge in [0.2, 0.25) is 0 Å². The second-order valence-electron chi connectivity index (χ2n) is 4.22. The van der Waals surface area contributed by atoms with E-state index in [4.69, 9.17) is 4.74 Å². The summed E-state index contributed by atoms with van der Waals surface area (Å²) in [5.41, 5.74) is 1.81. The van der Waals surface area contributed by atoms with Gasteiger partial charge in [-0.25, -0.2) is 9.97 Å². The molecule has 0 radical (unpaired) electrons. The minimum Gasteiger partial charge on any atom is -0.466 e. The number of ether oxygens (including phenoxy) is 1. The summed E-state index contributed by atoms with van der Waals surface area (Å²) in [5, 5.41) is 3.20. The molecule has 104 valence electrons. The zero-order chi connectivity index (χ0) is 14.2. The maximum Gasteiger partial charge on any atom is 0.311 e. The van der Waals surface area contributed by atoms with Crippen molar-refractivity contribution < 1.29 is 9.53 Å². The number of esters is 1. The summed E-state index contributed by atoms with van der Waals surface area (Å²) in [6.07, 6.45) is 1.61. The van der Waals surface area contributed by atoms with E-state index in [9.17, 15) is 4.79 Å². The van der Waals surface area contributed by atoms with Gasteiger partial charge in [0.15, 0.2) is 0 Å². The number of hydrogen-bond acceptors (Lipinski definition) is 5. The summed E-state index contributed by atoms with van der Waals surface area (Å²) in [5.74, 6) is 0.420. The molecular weight excluding hydrogens is 254 g/mol. The predicted octanol–water partition coefficient (Wildman–Crippen LogP) is 2.19. The van der Waals surface area contributed by atoms with Gasteiger partial charge >= 0.3 is 5.97 Å². The molecule has 1 aromatic carbocycles. The molecule has 0 atom stereocenters. The molecule has 1 heterocycles. The van der Waals surface area contributed by atoms with Crippen molar-refractivity contribution in [3.05, 3.63) is 54.0 Å². The molecule has 5 heteroatoms. The third kappa shape index (κ3) is 4.35. The Balaban J connectivity index is 1.94. The topological polar surface area (TPSA) is 64.1 Å². The molecule has 0 amide bonds. The fourth-order valence-electron chi connectivity index (χ4n) is 1.74.